The quantitative estimate of drug-likeness (QED) is 0.646. The summed E-state index contributed by atoms with van der Waals surface area (Å²) >= 11 is 0. The summed E-state index contributed by atoms with van der Waals surface area (Å²) in [5, 5.41) is 3.41. The van der Waals surface area contributed by atoms with Gasteiger partial charge in [-0.15, -0.1) is 0 Å². The van der Waals surface area contributed by atoms with Crippen LogP contribution in [-0.2, 0) is 4.74 Å². The van der Waals surface area contributed by atoms with E-state index < -0.39 is 0 Å². The van der Waals surface area contributed by atoms with Gasteiger partial charge in [-0.05, 0) is 25.8 Å². The number of rotatable bonds is 6. The van der Waals surface area contributed by atoms with E-state index in [1.54, 1.807) is 7.11 Å². The Hall–Kier alpha value is -0.120. The van der Waals surface area contributed by atoms with Gasteiger partial charge in [-0.1, -0.05) is 6.92 Å². The van der Waals surface area contributed by atoms with Crippen molar-refractivity contribution in [3.05, 3.63) is 0 Å². The number of hydrogen-bond donors (Lipinski definition) is 1. The smallest absolute Gasteiger partial charge is 0.0587 e. The van der Waals surface area contributed by atoms with Gasteiger partial charge in [0.2, 0.25) is 0 Å². The van der Waals surface area contributed by atoms with Crippen LogP contribution in [0.2, 0.25) is 0 Å². The van der Waals surface area contributed by atoms with E-state index in [1.807, 2.05) is 0 Å². The van der Waals surface area contributed by atoms with Gasteiger partial charge in [-0.3, -0.25) is 4.90 Å². The van der Waals surface area contributed by atoms with Crippen LogP contribution in [0.5, 0.6) is 0 Å². The highest BCUT2D eigenvalue weighted by Gasteiger charge is 2.22. The lowest BCUT2D eigenvalue weighted by Gasteiger charge is -2.24. The molecule has 2 unspecified atom stereocenters. The number of likely N-dealkylation sites (tertiary alicyclic amines) is 1. The molecule has 1 rings (SSSR count). The van der Waals surface area contributed by atoms with Crippen LogP contribution in [0, 0.1) is 5.92 Å². The monoisotopic (exact) mass is 200 g/mol. The Labute approximate surface area is 87.8 Å². The molecule has 0 radical (unpaired) electrons. The lowest BCUT2D eigenvalue weighted by Crippen LogP contribution is -2.39. The van der Waals surface area contributed by atoms with Gasteiger partial charge >= 0.3 is 0 Å². The van der Waals surface area contributed by atoms with Gasteiger partial charge in [0.05, 0.1) is 6.61 Å². The van der Waals surface area contributed by atoms with Crippen molar-refractivity contribution in [2.75, 3.05) is 39.9 Å². The first-order valence-corrected chi connectivity index (χ1v) is 5.67. The molecule has 0 aromatic heterocycles. The van der Waals surface area contributed by atoms with Crippen LogP contribution in [0.15, 0.2) is 0 Å². The van der Waals surface area contributed by atoms with E-state index >= 15 is 0 Å². The Morgan fingerprint density at radius 3 is 2.93 bits per heavy atom. The summed E-state index contributed by atoms with van der Waals surface area (Å²) in [4.78, 5) is 2.57. The van der Waals surface area contributed by atoms with Crippen molar-refractivity contribution in [2.24, 2.45) is 5.92 Å². The van der Waals surface area contributed by atoms with E-state index in [0.29, 0.717) is 6.04 Å². The Morgan fingerprint density at radius 1 is 1.57 bits per heavy atom. The average Bonchev–Trinajstić information content (AvgIpc) is 2.59. The third kappa shape index (κ3) is 3.95. The predicted octanol–water partition coefficient (Wildman–Crippen LogP) is 0.953. The maximum Gasteiger partial charge on any atom is 0.0587 e. The molecule has 2 atom stereocenters. The summed E-state index contributed by atoms with van der Waals surface area (Å²) in [6, 6.07) is 0.664. The standard InChI is InChI=1S/C11H24N2O/c1-10-4-6-13(9-10)11(2)8-12-5-7-14-3/h10-12H,4-9H2,1-3H3. The molecule has 0 bridgehead atoms. The second-order valence-corrected chi connectivity index (χ2v) is 4.43. The molecule has 1 fully saturated rings. The van der Waals surface area contributed by atoms with E-state index in [1.165, 1.54) is 19.5 Å². The first kappa shape index (κ1) is 12.0. The minimum absolute atomic E-state index is 0.664. The van der Waals surface area contributed by atoms with Crippen molar-refractivity contribution in [1.29, 1.82) is 0 Å². The number of ether oxygens (including phenoxy) is 1. The fourth-order valence-electron chi connectivity index (χ4n) is 1.98. The summed E-state index contributed by atoms with van der Waals surface area (Å²) in [7, 11) is 1.74. The maximum atomic E-state index is 4.99. The third-order valence-electron chi connectivity index (χ3n) is 3.00. The molecule has 14 heavy (non-hydrogen) atoms. The van der Waals surface area contributed by atoms with E-state index in [9.17, 15) is 0 Å². The second kappa shape index (κ2) is 6.38. The summed E-state index contributed by atoms with van der Waals surface area (Å²) in [5.74, 6) is 0.886. The molecule has 3 heteroatoms. The van der Waals surface area contributed by atoms with Gasteiger partial charge in [0.1, 0.15) is 0 Å². The number of nitrogens with one attached hydrogen (secondary N) is 1. The van der Waals surface area contributed by atoms with Crippen molar-refractivity contribution in [2.45, 2.75) is 26.3 Å². The second-order valence-electron chi connectivity index (χ2n) is 4.43. The van der Waals surface area contributed by atoms with Gasteiger partial charge in [0.15, 0.2) is 0 Å². The molecule has 84 valence electrons. The van der Waals surface area contributed by atoms with Crippen molar-refractivity contribution < 1.29 is 4.74 Å². The highest BCUT2D eigenvalue weighted by molar-refractivity contribution is 4.78. The molecule has 3 nitrogen and oxygen atoms in total. The molecule has 1 aliphatic heterocycles. The van der Waals surface area contributed by atoms with Crippen LogP contribution in [0.1, 0.15) is 20.3 Å². The number of hydrogen-bond acceptors (Lipinski definition) is 3. The zero-order chi connectivity index (χ0) is 10.4. The molecule has 1 saturated heterocycles. The normalized spacial score (nSPS) is 25.5. The van der Waals surface area contributed by atoms with Crippen LogP contribution in [0.4, 0.5) is 0 Å². The zero-order valence-electron chi connectivity index (χ0n) is 9.75. The predicted molar refractivity (Wildman–Crippen MR) is 59.6 cm³/mol. The first-order valence-electron chi connectivity index (χ1n) is 5.67. The van der Waals surface area contributed by atoms with Gasteiger partial charge in [-0.25, -0.2) is 0 Å². The van der Waals surface area contributed by atoms with Gasteiger partial charge < -0.3 is 10.1 Å². The molecule has 0 aliphatic carbocycles. The van der Waals surface area contributed by atoms with Crippen LogP contribution >= 0.6 is 0 Å². The topological polar surface area (TPSA) is 24.5 Å². The minimum Gasteiger partial charge on any atom is -0.383 e. The molecule has 1 aliphatic rings. The SMILES string of the molecule is COCCNCC(C)N1CCC(C)C1. The van der Waals surface area contributed by atoms with Crippen LogP contribution in [0.25, 0.3) is 0 Å². The molecule has 1 N–H and O–H groups in total. The Kier molecular flexibility index (Phi) is 5.45. The van der Waals surface area contributed by atoms with Crippen molar-refractivity contribution in [3.63, 3.8) is 0 Å². The Morgan fingerprint density at radius 2 is 2.36 bits per heavy atom. The molecule has 1 heterocycles. The highest BCUT2D eigenvalue weighted by atomic mass is 16.5. The maximum absolute atomic E-state index is 4.99. The third-order valence-corrected chi connectivity index (χ3v) is 3.00. The van der Waals surface area contributed by atoms with E-state index in [0.717, 1.165) is 25.6 Å². The van der Waals surface area contributed by atoms with Crippen molar-refractivity contribution in [3.8, 4) is 0 Å². The van der Waals surface area contributed by atoms with E-state index in [4.69, 9.17) is 4.74 Å². The molecule has 0 saturated carbocycles. The van der Waals surface area contributed by atoms with Crippen molar-refractivity contribution >= 4 is 0 Å². The van der Waals surface area contributed by atoms with Crippen molar-refractivity contribution in [1.82, 2.24) is 10.2 Å². The lowest BCUT2D eigenvalue weighted by atomic mass is 10.2. The lowest BCUT2D eigenvalue weighted by molar-refractivity contribution is 0.191. The summed E-state index contributed by atoms with van der Waals surface area (Å²) in [6.45, 7) is 10.0. The fourth-order valence-corrected chi connectivity index (χ4v) is 1.98. The molecular weight excluding hydrogens is 176 g/mol. The van der Waals surface area contributed by atoms with Gasteiger partial charge in [0, 0.05) is 32.8 Å². The van der Waals surface area contributed by atoms with E-state index in [2.05, 4.69) is 24.1 Å². The van der Waals surface area contributed by atoms with Crippen LogP contribution in [-0.4, -0.2) is 50.8 Å². The Bertz CT molecular complexity index is 152. The number of nitrogens with zero attached hydrogens (tertiary/aromatic N) is 1. The highest BCUT2D eigenvalue weighted by Crippen LogP contribution is 2.16. The summed E-state index contributed by atoms with van der Waals surface area (Å²) in [6.07, 6.45) is 1.36. The molecular formula is C11H24N2O. The zero-order valence-corrected chi connectivity index (χ0v) is 9.75. The molecule has 0 aromatic carbocycles. The first-order chi connectivity index (χ1) is 6.74. The van der Waals surface area contributed by atoms with Crippen LogP contribution in [0.3, 0.4) is 0 Å². The Balaban J connectivity index is 2.06. The largest absolute Gasteiger partial charge is 0.383 e. The van der Waals surface area contributed by atoms with E-state index in [-0.39, 0.29) is 0 Å². The fraction of sp³-hybridized carbons (Fsp3) is 1.00. The average molecular weight is 200 g/mol. The summed E-state index contributed by atoms with van der Waals surface area (Å²) < 4.78 is 4.99. The van der Waals surface area contributed by atoms with Gasteiger partial charge in [-0.2, -0.15) is 0 Å². The minimum atomic E-state index is 0.664. The van der Waals surface area contributed by atoms with Crippen LogP contribution < -0.4 is 5.32 Å². The molecule has 0 spiro atoms. The van der Waals surface area contributed by atoms with Gasteiger partial charge in [0.25, 0.3) is 0 Å². The number of methoxy groups -OCH3 is 1. The molecule has 0 amide bonds. The molecule has 0 aromatic rings. The summed E-state index contributed by atoms with van der Waals surface area (Å²) in [5.41, 5.74) is 0.